The lowest BCUT2D eigenvalue weighted by atomic mass is 9.41. The normalized spacial score (nSPS) is 30.3. The highest BCUT2D eigenvalue weighted by Gasteiger charge is 2.77. The minimum atomic E-state index is -2.37. The van der Waals surface area contributed by atoms with Gasteiger partial charge in [-0.2, -0.15) is 0 Å². The Morgan fingerprint density at radius 1 is 0.821 bits per heavy atom. The number of fused-ring (bicyclic) bond motifs is 5. The number of esters is 5. The van der Waals surface area contributed by atoms with E-state index in [2.05, 4.69) is 5.32 Å². The third kappa shape index (κ3) is 8.67. The topological polar surface area (TPSA) is 218 Å². The predicted octanol–water partition coefficient (Wildman–Crippen LogP) is 6.10. The summed E-state index contributed by atoms with van der Waals surface area (Å²) in [5, 5.41) is 29.0. The van der Waals surface area contributed by atoms with Gasteiger partial charge in [0.25, 0.3) is 5.91 Å². The highest BCUT2D eigenvalue weighted by Crippen LogP contribution is 2.67. The molecule has 15 heteroatoms. The minimum absolute atomic E-state index is 0.000214. The van der Waals surface area contributed by atoms with Gasteiger partial charge in [0.15, 0.2) is 11.9 Å². The first kappa shape index (κ1) is 48.7. The molecule has 4 aliphatic rings. The van der Waals surface area contributed by atoms with E-state index in [0.29, 0.717) is 18.4 Å². The molecule has 3 aromatic rings. The van der Waals surface area contributed by atoms with Crippen LogP contribution in [0.3, 0.4) is 0 Å². The van der Waals surface area contributed by atoms with Crippen LogP contribution in [0, 0.1) is 22.7 Å². The molecule has 15 nitrogen and oxygen atoms in total. The van der Waals surface area contributed by atoms with Crippen molar-refractivity contribution in [3.8, 4) is 0 Å². The van der Waals surface area contributed by atoms with Crippen molar-refractivity contribution in [3.63, 3.8) is 0 Å². The maximum absolute atomic E-state index is 15.7. The second kappa shape index (κ2) is 18.8. The zero-order chi connectivity index (χ0) is 48.6. The monoisotopic (exact) mass is 921 g/mol. The van der Waals surface area contributed by atoms with E-state index in [0.717, 1.165) is 6.92 Å². The molecule has 0 spiro atoms. The number of benzene rings is 3. The first-order valence-electron chi connectivity index (χ1n) is 22.8. The van der Waals surface area contributed by atoms with E-state index < -0.39 is 118 Å². The Morgan fingerprint density at radius 3 is 1.97 bits per heavy atom. The van der Waals surface area contributed by atoms with Crippen molar-refractivity contribution >= 4 is 41.5 Å². The molecule has 3 saturated carbocycles. The number of ether oxygens (including phenoxy) is 5. The first-order valence-corrected chi connectivity index (χ1v) is 22.8. The van der Waals surface area contributed by atoms with E-state index in [1.165, 1.54) is 26.0 Å². The van der Waals surface area contributed by atoms with E-state index >= 15 is 9.59 Å². The van der Waals surface area contributed by atoms with Crippen LogP contribution in [-0.2, 0) is 47.7 Å². The van der Waals surface area contributed by atoms with Crippen molar-refractivity contribution < 1.29 is 67.5 Å². The largest absolute Gasteiger partial charge is 0.458 e. The van der Waals surface area contributed by atoms with Gasteiger partial charge in [-0.1, -0.05) is 87.5 Å². The van der Waals surface area contributed by atoms with Gasteiger partial charge in [-0.05, 0) is 80.5 Å². The summed E-state index contributed by atoms with van der Waals surface area (Å²) in [5.74, 6) is -7.80. The van der Waals surface area contributed by atoms with Crippen LogP contribution in [0.5, 0.6) is 0 Å². The molecule has 0 unspecified atom stereocenters. The molecule has 3 fully saturated rings. The number of amides is 1. The fraction of sp³-hybridized carbons (Fsp3) is 0.481. The van der Waals surface area contributed by atoms with Gasteiger partial charge in [-0.25, -0.2) is 9.59 Å². The van der Waals surface area contributed by atoms with Crippen LogP contribution < -0.4 is 5.32 Å². The summed E-state index contributed by atoms with van der Waals surface area (Å²) in [6.07, 6.45) is -7.98. The Hall–Kier alpha value is -6.19. The van der Waals surface area contributed by atoms with Crippen molar-refractivity contribution in [2.45, 2.75) is 135 Å². The Balaban J connectivity index is 1.42. The number of Topliss-reactive ketones (excluding diaryl/α,β-unsaturated/α-hetero) is 1. The zero-order valence-electron chi connectivity index (χ0n) is 38.8. The average molecular weight is 922 g/mol. The van der Waals surface area contributed by atoms with Gasteiger partial charge >= 0.3 is 29.8 Å². The molecule has 67 heavy (non-hydrogen) atoms. The van der Waals surface area contributed by atoms with Crippen LogP contribution in [0.1, 0.15) is 119 Å². The second-order valence-electron chi connectivity index (χ2n) is 19.0. The molecular weight excluding hydrogens is 863 g/mol. The Bertz CT molecular complexity index is 2440. The van der Waals surface area contributed by atoms with Gasteiger partial charge < -0.3 is 39.2 Å². The van der Waals surface area contributed by atoms with Gasteiger partial charge in [-0.15, -0.1) is 0 Å². The molecule has 0 aliphatic heterocycles. The fourth-order valence-electron chi connectivity index (χ4n) is 11.2. The minimum Gasteiger partial charge on any atom is -0.458 e. The summed E-state index contributed by atoms with van der Waals surface area (Å²) in [4.78, 5) is 98.7. The van der Waals surface area contributed by atoms with Crippen molar-refractivity contribution in [3.05, 3.63) is 119 Å². The quantitative estimate of drug-likeness (QED) is 0.100. The molecule has 11 atom stereocenters. The number of rotatable bonds is 13. The van der Waals surface area contributed by atoms with E-state index in [4.69, 9.17) is 23.7 Å². The standard InChI is InChI=1S/C52H59NO14/c1-8-18-38(57)65-42(40(32-19-12-9-13-20-32)53-46(59)33-21-14-10-15-22-33)48(61)64-36-28-52(62)45(66-47(60)34-23-16-11-17-24-34)43-50(7,37(56)27-35-25-26-51(35,43)67-31(4)55)44(58)41(63-30(3)54)39(29(36)2)49(52,5)6/h9-17,19-24,35-37,40-43,45,56,62H,8,18,25-28H2,1-7H3,(H,53,59)/t35-,36+,37+,40+,41-,42-,43+,45+,50-,51+,52-/m1/s1. The summed E-state index contributed by atoms with van der Waals surface area (Å²) in [6, 6.07) is 23.2. The third-order valence-electron chi connectivity index (χ3n) is 14.8. The van der Waals surface area contributed by atoms with Gasteiger partial charge in [0.2, 0.25) is 6.10 Å². The molecule has 3 aromatic carbocycles. The Labute approximate surface area is 389 Å². The molecule has 2 bridgehead atoms. The molecule has 1 amide bonds. The van der Waals surface area contributed by atoms with E-state index in [1.54, 1.807) is 107 Å². The molecule has 4 aliphatic carbocycles. The molecule has 0 heterocycles. The molecule has 0 aromatic heterocycles. The van der Waals surface area contributed by atoms with E-state index in [9.17, 15) is 34.2 Å². The highest BCUT2D eigenvalue weighted by atomic mass is 16.6. The van der Waals surface area contributed by atoms with Crippen LogP contribution in [0.4, 0.5) is 0 Å². The Kier molecular flexibility index (Phi) is 13.7. The van der Waals surface area contributed by atoms with E-state index in [-0.39, 0.29) is 41.5 Å². The number of carbonyl (C=O) groups excluding carboxylic acids is 7. The number of carbonyl (C=O) groups is 7. The number of hydrogen-bond acceptors (Lipinski definition) is 14. The fourth-order valence-corrected chi connectivity index (χ4v) is 11.2. The maximum atomic E-state index is 15.7. The first-order chi connectivity index (χ1) is 31.7. The summed E-state index contributed by atoms with van der Waals surface area (Å²) in [7, 11) is 0. The van der Waals surface area contributed by atoms with Crippen LogP contribution in [-0.4, -0.2) is 93.5 Å². The van der Waals surface area contributed by atoms with Crippen molar-refractivity contribution in [2.75, 3.05) is 0 Å². The molecule has 0 radical (unpaired) electrons. The molecule has 0 saturated heterocycles. The number of nitrogens with one attached hydrogen (secondary N) is 1. The predicted molar refractivity (Wildman–Crippen MR) is 239 cm³/mol. The van der Waals surface area contributed by atoms with Crippen molar-refractivity contribution in [1.29, 1.82) is 0 Å². The number of aliphatic hydroxyl groups excluding tert-OH is 1. The lowest BCUT2D eigenvalue weighted by molar-refractivity contribution is -0.296. The van der Waals surface area contributed by atoms with Crippen LogP contribution in [0.25, 0.3) is 0 Å². The van der Waals surface area contributed by atoms with Gasteiger partial charge in [0, 0.05) is 43.6 Å². The lowest BCUT2D eigenvalue weighted by Gasteiger charge is -2.68. The number of aliphatic hydroxyl groups is 2. The summed E-state index contributed by atoms with van der Waals surface area (Å²) in [5.41, 5.74) is -6.67. The van der Waals surface area contributed by atoms with E-state index in [1.807, 2.05) is 0 Å². The molecular formula is C52H59NO14. The van der Waals surface area contributed by atoms with Crippen LogP contribution in [0.2, 0.25) is 0 Å². The summed E-state index contributed by atoms with van der Waals surface area (Å²) < 4.78 is 31.0. The molecule has 7 rings (SSSR count). The smallest absolute Gasteiger partial charge is 0.350 e. The van der Waals surface area contributed by atoms with Crippen molar-refractivity contribution in [1.82, 2.24) is 5.32 Å². The molecule has 356 valence electrons. The average Bonchev–Trinajstić information content (AvgIpc) is 3.29. The Morgan fingerprint density at radius 2 is 1.42 bits per heavy atom. The summed E-state index contributed by atoms with van der Waals surface area (Å²) >= 11 is 0. The SMILES string of the molecule is CCCC(=O)O[C@@H](C(=O)O[C@H]1C[C@@]2(O)[C@@H](OC(=O)c3ccccc3)[C@@H]3[C@]4(OC(C)=O)CC[C@@H]4C[C@H](O)[C@@]3(C)C(=O)[C@H](OC(C)=O)C(=C1C)C2(C)C)[C@@H](NC(=O)c1ccccc1)c1ccccc1. The van der Waals surface area contributed by atoms with Crippen LogP contribution in [0.15, 0.2) is 102 Å². The zero-order valence-corrected chi connectivity index (χ0v) is 38.8. The van der Waals surface area contributed by atoms with Crippen molar-refractivity contribution in [2.24, 2.45) is 22.7 Å². The van der Waals surface area contributed by atoms with Crippen LogP contribution >= 0.6 is 0 Å². The number of hydrogen-bond donors (Lipinski definition) is 3. The number of ketones is 1. The van der Waals surface area contributed by atoms with Gasteiger partial charge in [0.1, 0.15) is 29.5 Å². The third-order valence-corrected chi connectivity index (χ3v) is 14.8. The van der Waals surface area contributed by atoms with Gasteiger partial charge in [-0.3, -0.25) is 24.0 Å². The van der Waals surface area contributed by atoms with Gasteiger partial charge in [0.05, 0.1) is 23.0 Å². The lowest BCUT2D eigenvalue weighted by Crippen LogP contribution is -2.78. The maximum Gasteiger partial charge on any atom is 0.350 e. The summed E-state index contributed by atoms with van der Waals surface area (Å²) in [6.45, 7) is 10.3. The highest BCUT2D eigenvalue weighted by molar-refractivity contribution is 5.96. The molecule has 3 N–H and O–H groups in total. The second-order valence-corrected chi connectivity index (χ2v) is 19.0.